The number of halogens is 1. The number of aromatic amines is 1. The van der Waals surface area contributed by atoms with Crippen molar-refractivity contribution in [2.45, 2.75) is 12.8 Å². The molecule has 0 fully saturated rings. The molecule has 3 rings (SSSR count). The van der Waals surface area contributed by atoms with Crippen molar-refractivity contribution in [2.24, 2.45) is 0 Å². The minimum atomic E-state index is -0.0426. The van der Waals surface area contributed by atoms with Crippen LogP contribution in [-0.2, 0) is 6.42 Å². The van der Waals surface area contributed by atoms with Crippen LogP contribution in [0.2, 0.25) is 0 Å². The van der Waals surface area contributed by atoms with Crippen LogP contribution < -0.4 is 0 Å². The third-order valence-corrected chi connectivity index (χ3v) is 4.22. The van der Waals surface area contributed by atoms with Crippen LogP contribution in [0.1, 0.15) is 22.5 Å². The maximum absolute atomic E-state index is 12.2. The molecule has 3 aromatic rings. The third kappa shape index (κ3) is 3.94. The zero-order chi connectivity index (χ0) is 16.9. The van der Waals surface area contributed by atoms with E-state index >= 15 is 0 Å². The zero-order valence-electron chi connectivity index (χ0n) is 13.3. The van der Waals surface area contributed by atoms with Crippen LogP contribution >= 0.6 is 15.9 Å². The molecule has 0 aliphatic rings. The molecule has 0 unspecified atom stereocenters. The quantitative estimate of drug-likeness (QED) is 0.691. The number of hydrogen-bond donors (Lipinski definition) is 1. The zero-order valence-corrected chi connectivity index (χ0v) is 14.9. The lowest BCUT2D eigenvalue weighted by atomic mass is 10.1. The summed E-state index contributed by atoms with van der Waals surface area (Å²) in [6.07, 6.45) is 3.16. The fourth-order valence-corrected chi connectivity index (χ4v) is 2.84. The van der Waals surface area contributed by atoms with Gasteiger partial charge in [-0.2, -0.15) is 5.10 Å². The van der Waals surface area contributed by atoms with Crippen molar-refractivity contribution in [3.05, 3.63) is 64.7 Å². The van der Waals surface area contributed by atoms with E-state index in [1.807, 2.05) is 30.3 Å². The lowest BCUT2D eigenvalue weighted by Crippen LogP contribution is -2.27. The van der Waals surface area contributed by atoms with Gasteiger partial charge >= 0.3 is 0 Å². The Hall–Kier alpha value is -2.34. The van der Waals surface area contributed by atoms with Crippen molar-refractivity contribution < 1.29 is 9.21 Å². The second-order valence-corrected chi connectivity index (χ2v) is 6.40. The molecule has 5 nitrogen and oxygen atoms in total. The van der Waals surface area contributed by atoms with E-state index in [2.05, 4.69) is 32.2 Å². The van der Waals surface area contributed by atoms with E-state index < -0.39 is 0 Å². The molecule has 2 heterocycles. The van der Waals surface area contributed by atoms with Gasteiger partial charge in [0.15, 0.2) is 4.67 Å². The molecule has 0 atom stereocenters. The molecule has 124 valence electrons. The summed E-state index contributed by atoms with van der Waals surface area (Å²) in [7, 11) is 1.80. The summed E-state index contributed by atoms with van der Waals surface area (Å²) in [6.45, 7) is 0.668. The Morgan fingerprint density at radius 2 is 2.08 bits per heavy atom. The molecule has 2 aromatic heterocycles. The largest absolute Gasteiger partial charge is 0.457 e. The van der Waals surface area contributed by atoms with Gasteiger partial charge in [-0.1, -0.05) is 30.3 Å². The molecule has 0 radical (unpaired) electrons. The van der Waals surface area contributed by atoms with Gasteiger partial charge in [0.2, 0.25) is 0 Å². The van der Waals surface area contributed by atoms with Crippen molar-refractivity contribution in [3.63, 3.8) is 0 Å². The number of aryl methyl sites for hydroxylation is 1. The van der Waals surface area contributed by atoms with Gasteiger partial charge in [0.25, 0.3) is 5.91 Å². The smallest absolute Gasteiger partial charge is 0.256 e. The topological polar surface area (TPSA) is 62.1 Å². The standard InChI is InChI=1S/C18H18BrN3O2/c1-22(18(23)14-10-17(19)24-12-14)9-5-8-15-11-16(21-20-15)13-6-3-2-4-7-13/h2-4,6-7,10-12H,5,8-9H2,1H3,(H,20,21). The first-order valence-electron chi connectivity index (χ1n) is 7.72. The second kappa shape index (κ2) is 7.49. The monoisotopic (exact) mass is 387 g/mol. The van der Waals surface area contributed by atoms with E-state index in [1.165, 1.54) is 6.26 Å². The van der Waals surface area contributed by atoms with E-state index in [-0.39, 0.29) is 5.91 Å². The number of nitrogens with zero attached hydrogens (tertiary/aromatic N) is 2. The maximum Gasteiger partial charge on any atom is 0.256 e. The minimum Gasteiger partial charge on any atom is -0.457 e. The summed E-state index contributed by atoms with van der Waals surface area (Å²) < 4.78 is 5.67. The SMILES string of the molecule is CN(CCCc1cc(-c2ccccc2)n[nH]1)C(=O)c1coc(Br)c1. The lowest BCUT2D eigenvalue weighted by Gasteiger charge is -2.15. The second-order valence-electron chi connectivity index (χ2n) is 5.61. The van der Waals surface area contributed by atoms with Crippen molar-refractivity contribution in [1.29, 1.82) is 0 Å². The van der Waals surface area contributed by atoms with Gasteiger partial charge in [-0.3, -0.25) is 9.89 Å². The van der Waals surface area contributed by atoms with Crippen LogP contribution in [0.15, 0.2) is 57.8 Å². The van der Waals surface area contributed by atoms with Gasteiger partial charge in [0.1, 0.15) is 6.26 Å². The van der Waals surface area contributed by atoms with E-state index in [4.69, 9.17) is 4.42 Å². The highest BCUT2D eigenvalue weighted by molar-refractivity contribution is 9.10. The van der Waals surface area contributed by atoms with E-state index in [0.29, 0.717) is 16.8 Å². The number of benzene rings is 1. The number of rotatable bonds is 6. The average molecular weight is 388 g/mol. The summed E-state index contributed by atoms with van der Waals surface area (Å²) in [5, 5.41) is 7.41. The van der Waals surface area contributed by atoms with Gasteiger partial charge < -0.3 is 9.32 Å². The highest BCUT2D eigenvalue weighted by atomic mass is 79.9. The molecule has 0 saturated carbocycles. The van der Waals surface area contributed by atoms with E-state index in [1.54, 1.807) is 18.0 Å². The Morgan fingerprint density at radius 3 is 2.79 bits per heavy atom. The Labute approximate surface area is 148 Å². The molecule has 1 aromatic carbocycles. The van der Waals surface area contributed by atoms with Gasteiger partial charge in [0, 0.05) is 30.9 Å². The van der Waals surface area contributed by atoms with Crippen LogP contribution in [0.25, 0.3) is 11.3 Å². The number of aromatic nitrogens is 2. The Bertz CT molecular complexity index is 811. The number of furan rings is 1. The average Bonchev–Trinajstić information content (AvgIpc) is 3.24. The molecule has 0 aliphatic heterocycles. The van der Waals surface area contributed by atoms with Crippen LogP contribution in [-0.4, -0.2) is 34.6 Å². The van der Waals surface area contributed by atoms with E-state index in [0.717, 1.165) is 29.8 Å². The first kappa shape index (κ1) is 16.5. The van der Waals surface area contributed by atoms with Crippen LogP contribution in [0, 0.1) is 0 Å². The summed E-state index contributed by atoms with van der Waals surface area (Å²) in [6, 6.07) is 13.8. The number of H-pyrrole nitrogens is 1. The number of nitrogens with one attached hydrogen (secondary N) is 1. The molecular formula is C18H18BrN3O2. The molecule has 6 heteroatoms. The summed E-state index contributed by atoms with van der Waals surface area (Å²) in [5.74, 6) is -0.0426. The lowest BCUT2D eigenvalue weighted by molar-refractivity contribution is 0.0793. The minimum absolute atomic E-state index is 0.0426. The van der Waals surface area contributed by atoms with Crippen LogP contribution in [0.5, 0.6) is 0 Å². The van der Waals surface area contributed by atoms with Crippen molar-refractivity contribution in [2.75, 3.05) is 13.6 Å². The van der Waals surface area contributed by atoms with Crippen molar-refractivity contribution >= 4 is 21.8 Å². The first-order chi connectivity index (χ1) is 11.6. The Morgan fingerprint density at radius 1 is 1.29 bits per heavy atom. The highest BCUT2D eigenvalue weighted by Gasteiger charge is 2.14. The predicted molar refractivity (Wildman–Crippen MR) is 95.7 cm³/mol. The van der Waals surface area contributed by atoms with Gasteiger partial charge in [-0.05, 0) is 34.8 Å². The predicted octanol–water partition coefficient (Wildman–Crippen LogP) is 4.14. The first-order valence-corrected chi connectivity index (χ1v) is 8.52. The Kier molecular flexibility index (Phi) is 5.15. The van der Waals surface area contributed by atoms with Crippen LogP contribution in [0.3, 0.4) is 0 Å². The number of carbonyl (C=O) groups excluding carboxylic acids is 1. The summed E-state index contributed by atoms with van der Waals surface area (Å²) >= 11 is 3.21. The fraction of sp³-hybridized carbons (Fsp3) is 0.222. The number of amides is 1. The molecular weight excluding hydrogens is 370 g/mol. The molecule has 0 bridgehead atoms. The summed E-state index contributed by atoms with van der Waals surface area (Å²) in [4.78, 5) is 13.9. The van der Waals surface area contributed by atoms with Crippen molar-refractivity contribution in [1.82, 2.24) is 15.1 Å². The van der Waals surface area contributed by atoms with E-state index in [9.17, 15) is 4.79 Å². The molecule has 1 N–H and O–H groups in total. The molecule has 1 amide bonds. The highest BCUT2D eigenvalue weighted by Crippen LogP contribution is 2.18. The fourth-order valence-electron chi connectivity index (χ4n) is 2.50. The Balaban J connectivity index is 1.51. The molecule has 24 heavy (non-hydrogen) atoms. The normalized spacial score (nSPS) is 10.8. The number of carbonyl (C=O) groups is 1. The maximum atomic E-state index is 12.2. The van der Waals surface area contributed by atoms with Gasteiger partial charge in [-0.15, -0.1) is 0 Å². The molecule has 0 spiro atoms. The van der Waals surface area contributed by atoms with Gasteiger partial charge in [-0.25, -0.2) is 0 Å². The molecule has 0 saturated heterocycles. The molecule has 0 aliphatic carbocycles. The summed E-state index contributed by atoms with van der Waals surface area (Å²) in [5.41, 5.74) is 3.66. The van der Waals surface area contributed by atoms with Crippen LogP contribution in [0.4, 0.5) is 0 Å². The van der Waals surface area contributed by atoms with Gasteiger partial charge in [0.05, 0.1) is 11.3 Å². The van der Waals surface area contributed by atoms with Crippen molar-refractivity contribution in [3.8, 4) is 11.3 Å². The number of hydrogen-bond acceptors (Lipinski definition) is 3. The third-order valence-electron chi connectivity index (χ3n) is 3.80.